The van der Waals surface area contributed by atoms with Crippen LogP contribution in [0.3, 0.4) is 0 Å². The first-order valence-electron chi connectivity index (χ1n) is 9.65. The fourth-order valence-electron chi connectivity index (χ4n) is 3.29. The van der Waals surface area contributed by atoms with Crippen molar-refractivity contribution in [2.75, 3.05) is 0 Å². The molecular weight excluding hydrogens is 705 g/mol. The molecule has 0 aliphatic heterocycles. The zero-order chi connectivity index (χ0) is 33.5. The third-order valence-corrected chi connectivity index (χ3v) is 14.0. The normalized spacial score (nSPS) is 12.8. The van der Waals surface area contributed by atoms with Crippen molar-refractivity contribution in [3.63, 3.8) is 0 Å². The molecule has 0 bridgehead atoms. The van der Waals surface area contributed by atoms with E-state index in [9.17, 15) is 91.1 Å². The lowest BCUT2D eigenvalue weighted by Gasteiger charge is -2.21. The van der Waals surface area contributed by atoms with E-state index in [1.165, 1.54) is 0 Å². The van der Waals surface area contributed by atoms with Gasteiger partial charge in [-0.3, -0.25) is 0 Å². The molecule has 0 heterocycles. The number of hydrogen-bond donors (Lipinski definition) is 0. The van der Waals surface area contributed by atoms with E-state index in [1.54, 1.807) is 0 Å². The Balaban J connectivity index is 2.71. The number of sulfone groups is 3. The summed E-state index contributed by atoms with van der Waals surface area (Å²) in [6, 6.07) is 0. The standard InChI is InChI=1S/C19HF15O6S3/c20-1-4(23)10(29)16(11(30)5(1)24)41(35,36)19(42(37,38)17-12(31)6(25)2(21)7(26)13(17)32)43(39,40)18-14(33)8(27)3(22)9(28)15(18)34/h19H. The van der Waals surface area contributed by atoms with Crippen LogP contribution in [0.4, 0.5) is 65.9 Å². The number of benzene rings is 3. The Morgan fingerprint density at radius 3 is 0.512 bits per heavy atom. The van der Waals surface area contributed by atoms with Gasteiger partial charge in [0, 0.05) is 0 Å². The quantitative estimate of drug-likeness (QED) is 0.158. The van der Waals surface area contributed by atoms with Crippen LogP contribution >= 0.6 is 0 Å². The summed E-state index contributed by atoms with van der Waals surface area (Å²) < 4.78 is 282. The van der Waals surface area contributed by atoms with Crippen LogP contribution in [-0.4, -0.2) is 29.2 Å². The van der Waals surface area contributed by atoms with E-state index in [0.717, 1.165) is 0 Å². The van der Waals surface area contributed by atoms with Gasteiger partial charge in [0.2, 0.25) is 47.0 Å². The van der Waals surface area contributed by atoms with Crippen LogP contribution in [0.1, 0.15) is 0 Å². The highest BCUT2D eigenvalue weighted by atomic mass is 32.3. The van der Waals surface area contributed by atoms with E-state index in [-0.39, 0.29) is 0 Å². The van der Waals surface area contributed by atoms with Crippen LogP contribution in [0, 0.1) is 87.3 Å². The predicted octanol–water partition coefficient (Wildman–Crippen LogP) is 4.78. The van der Waals surface area contributed by atoms with Crippen LogP contribution in [0.25, 0.3) is 0 Å². The highest BCUT2D eigenvalue weighted by molar-refractivity contribution is 8.24. The van der Waals surface area contributed by atoms with Gasteiger partial charge in [-0.2, -0.15) is 0 Å². The maximum absolute atomic E-state index is 14.4. The second kappa shape index (κ2) is 10.6. The van der Waals surface area contributed by atoms with Gasteiger partial charge >= 0.3 is 0 Å². The monoisotopic (exact) mass is 706 g/mol. The maximum Gasteiger partial charge on any atom is 0.276 e. The van der Waals surface area contributed by atoms with Crippen LogP contribution < -0.4 is 0 Å². The molecule has 0 saturated carbocycles. The van der Waals surface area contributed by atoms with Gasteiger partial charge in [0.05, 0.1) is 0 Å². The minimum Gasteiger partial charge on any atom is -0.221 e. The van der Waals surface area contributed by atoms with Crippen molar-refractivity contribution in [3.05, 3.63) is 87.3 Å². The van der Waals surface area contributed by atoms with Gasteiger partial charge in [-0.25, -0.2) is 91.1 Å². The SMILES string of the molecule is O=S(=O)(c1c(F)c(F)c(F)c(F)c1F)C(S(=O)(=O)c1c(F)c(F)c(F)c(F)c1F)S(=O)(=O)c1c(F)c(F)c(F)c(F)c1F. The largest absolute Gasteiger partial charge is 0.276 e. The summed E-state index contributed by atoms with van der Waals surface area (Å²) in [6.07, 6.45) is 0. The Morgan fingerprint density at radius 1 is 0.256 bits per heavy atom. The van der Waals surface area contributed by atoms with E-state index in [4.69, 9.17) is 0 Å². The molecule has 3 aromatic carbocycles. The minimum absolute atomic E-state index is 3.23. The molecule has 0 amide bonds. The molecule has 3 aromatic rings. The Hall–Kier alpha value is -3.54. The molecule has 0 spiro atoms. The first-order valence-corrected chi connectivity index (χ1v) is 14.3. The smallest absolute Gasteiger partial charge is 0.221 e. The summed E-state index contributed by atoms with van der Waals surface area (Å²) in [7, 11) is -23.4. The number of hydrogen-bond acceptors (Lipinski definition) is 6. The second-order valence-corrected chi connectivity index (χ2v) is 14.4. The van der Waals surface area contributed by atoms with E-state index >= 15 is 0 Å². The third-order valence-electron chi connectivity index (χ3n) is 5.12. The van der Waals surface area contributed by atoms with Gasteiger partial charge in [0.1, 0.15) is 14.7 Å². The van der Waals surface area contributed by atoms with Gasteiger partial charge in [-0.15, -0.1) is 0 Å². The van der Waals surface area contributed by atoms with Crippen molar-refractivity contribution in [3.8, 4) is 0 Å². The number of halogens is 15. The Labute approximate surface area is 226 Å². The first kappa shape index (κ1) is 34.0. The molecule has 0 radical (unpaired) electrons. The van der Waals surface area contributed by atoms with Crippen molar-refractivity contribution in [2.24, 2.45) is 0 Å². The van der Waals surface area contributed by atoms with Gasteiger partial charge in [0.25, 0.3) is 3.91 Å². The van der Waals surface area contributed by atoms with Crippen molar-refractivity contribution < 1.29 is 91.1 Å². The lowest BCUT2D eigenvalue weighted by atomic mass is 10.3. The van der Waals surface area contributed by atoms with Crippen LogP contribution in [0.15, 0.2) is 14.7 Å². The average Bonchev–Trinajstić information content (AvgIpc) is 2.89. The minimum atomic E-state index is -7.79. The van der Waals surface area contributed by atoms with Gasteiger partial charge in [-0.1, -0.05) is 0 Å². The Kier molecular flexibility index (Phi) is 8.35. The molecular formula is C19HF15O6S3. The van der Waals surface area contributed by atoms with Crippen LogP contribution in [0.2, 0.25) is 0 Å². The molecule has 6 nitrogen and oxygen atoms in total. The van der Waals surface area contributed by atoms with Crippen molar-refractivity contribution in [2.45, 2.75) is 18.6 Å². The molecule has 0 aliphatic carbocycles. The summed E-state index contributed by atoms with van der Waals surface area (Å²) in [5.74, 6) is -51.7. The first-order chi connectivity index (χ1) is 19.4. The Morgan fingerprint density at radius 2 is 0.372 bits per heavy atom. The zero-order valence-electron chi connectivity index (χ0n) is 18.9. The summed E-state index contributed by atoms with van der Waals surface area (Å²) in [5, 5.41) is 0. The van der Waals surface area contributed by atoms with E-state index < -0.39 is 135 Å². The average molecular weight is 706 g/mol. The fourth-order valence-corrected chi connectivity index (χ4v) is 11.6. The highest BCUT2D eigenvalue weighted by Crippen LogP contribution is 2.41. The molecule has 3 rings (SSSR count). The summed E-state index contributed by atoms with van der Waals surface area (Å²) >= 11 is 0. The Bertz CT molecular complexity index is 1760. The van der Waals surface area contributed by atoms with E-state index in [0.29, 0.717) is 0 Å². The van der Waals surface area contributed by atoms with Gasteiger partial charge in [0.15, 0.2) is 69.8 Å². The third kappa shape index (κ3) is 4.69. The van der Waals surface area contributed by atoms with Crippen LogP contribution in [-0.2, 0) is 29.5 Å². The van der Waals surface area contributed by atoms with Gasteiger partial charge < -0.3 is 0 Å². The summed E-state index contributed by atoms with van der Waals surface area (Å²) in [6.45, 7) is 0. The molecule has 0 saturated heterocycles. The van der Waals surface area contributed by atoms with Crippen molar-refractivity contribution >= 4 is 29.5 Å². The lowest BCUT2D eigenvalue weighted by Crippen LogP contribution is -2.41. The molecule has 0 aromatic heterocycles. The molecule has 0 atom stereocenters. The molecule has 0 aliphatic rings. The molecule has 0 fully saturated rings. The lowest BCUT2D eigenvalue weighted by molar-refractivity contribution is 0.356. The molecule has 43 heavy (non-hydrogen) atoms. The second-order valence-electron chi connectivity index (χ2n) is 7.62. The molecule has 0 unspecified atom stereocenters. The van der Waals surface area contributed by atoms with Crippen molar-refractivity contribution in [1.82, 2.24) is 0 Å². The molecule has 236 valence electrons. The zero-order valence-corrected chi connectivity index (χ0v) is 21.4. The highest BCUT2D eigenvalue weighted by Gasteiger charge is 2.57. The molecule has 24 heteroatoms. The number of rotatable bonds is 6. The van der Waals surface area contributed by atoms with E-state index in [2.05, 4.69) is 0 Å². The molecule has 0 N–H and O–H groups in total. The predicted molar refractivity (Wildman–Crippen MR) is 104 cm³/mol. The van der Waals surface area contributed by atoms with Crippen LogP contribution in [0.5, 0.6) is 0 Å². The summed E-state index contributed by atoms with van der Waals surface area (Å²) in [4.78, 5) is -10.7. The fraction of sp³-hybridized carbons (Fsp3) is 0.0526. The van der Waals surface area contributed by atoms with Crippen molar-refractivity contribution in [1.29, 1.82) is 0 Å². The topological polar surface area (TPSA) is 102 Å². The van der Waals surface area contributed by atoms with E-state index in [1.807, 2.05) is 0 Å². The van der Waals surface area contributed by atoms with Gasteiger partial charge in [-0.05, 0) is 0 Å². The summed E-state index contributed by atoms with van der Waals surface area (Å²) in [5.41, 5.74) is 0. The maximum atomic E-state index is 14.4.